The molecule has 5 heteroatoms. The number of likely N-dealkylation sites (tertiary alicyclic amines) is 1. The van der Waals surface area contributed by atoms with Gasteiger partial charge >= 0.3 is 0 Å². The molecule has 1 aromatic carbocycles. The van der Waals surface area contributed by atoms with E-state index < -0.39 is 12.1 Å². The number of ether oxygens (including phenoxy) is 1. The minimum atomic E-state index is -0.676. The highest BCUT2D eigenvalue weighted by molar-refractivity contribution is 5.92. The molecule has 0 atom stereocenters. The molecule has 2 rings (SSSR count). The van der Waals surface area contributed by atoms with Crippen LogP contribution in [0.25, 0.3) is 0 Å². The van der Waals surface area contributed by atoms with Crippen molar-refractivity contribution in [2.75, 3.05) is 26.2 Å². The van der Waals surface area contributed by atoms with Gasteiger partial charge in [-0.3, -0.25) is 9.69 Å². The van der Waals surface area contributed by atoms with Crippen LogP contribution in [0.2, 0.25) is 0 Å². The fourth-order valence-electron chi connectivity index (χ4n) is 1.70. The van der Waals surface area contributed by atoms with Gasteiger partial charge in [0.25, 0.3) is 0 Å². The average Bonchev–Trinajstić information content (AvgIpc) is 2.27. The van der Waals surface area contributed by atoms with Crippen molar-refractivity contribution in [1.82, 2.24) is 4.90 Å². The molecule has 1 fully saturated rings. The van der Waals surface area contributed by atoms with E-state index in [-0.39, 0.29) is 0 Å². The summed E-state index contributed by atoms with van der Waals surface area (Å²) in [6, 6.07) is 6.65. The van der Waals surface area contributed by atoms with Crippen LogP contribution in [0.1, 0.15) is 10.4 Å². The number of benzene rings is 1. The van der Waals surface area contributed by atoms with Gasteiger partial charge in [0.2, 0.25) is 5.91 Å². The highest BCUT2D eigenvalue weighted by Crippen LogP contribution is 2.13. The second-order valence-corrected chi connectivity index (χ2v) is 4.09. The number of primary amides is 1. The van der Waals surface area contributed by atoms with E-state index in [4.69, 9.17) is 10.5 Å². The molecule has 0 aromatic heterocycles. The van der Waals surface area contributed by atoms with Crippen molar-refractivity contribution in [2.45, 2.75) is 6.17 Å². The normalized spacial score (nSPS) is 16.5. The third-order valence-corrected chi connectivity index (χ3v) is 2.73. The maximum absolute atomic E-state index is 12.5. The molecule has 1 aliphatic heterocycles. The van der Waals surface area contributed by atoms with Gasteiger partial charge in [-0.05, 0) is 24.3 Å². The van der Waals surface area contributed by atoms with Crippen LogP contribution < -0.4 is 10.5 Å². The summed E-state index contributed by atoms with van der Waals surface area (Å²) in [6.45, 7) is 2.24. The van der Waals surface area contributed by atoms with Crippen LogP contribution in [-0.2, 0) is 0 Å². The Balaban J connectivity index is 1.73. The summed E-state index contributed by atoms with van der Waals surface area (Å²) in [6.07, 6.45) is -0.676. The van der Waals surface area contributed by atoms with Crippen LogP contribution in [0.15, 0.2) is 24.3 Å². The Labute approximate surface area is 99.2 Å². The molecule has 0 bridgehead atoms. The van der Waals surface area contributed by atoms with Crippen molar-refractivity contribution in [3.63, 3.8) is 0 Å². The molecule has 2 N–H and O–H groups in total. The molecule has 1 aliphatic rings. The Bertz CT molecular complexity index is 388. The molecule has 0 spiro atoms. The summed E-state index contributed by atoms with van der Waals surface area (Å²) in [5.74, 6) is 0.235. The number of carbonyl (C=O) groups excluding carboxylic acids is 1. The lowest BCUT2D eigenvalue weighted by Crippen LogP contribution is -2.49. The summed E-state index contributed by atoms with van der Waals surface area (Å²) in [7, 11) is 0. The third-order valence-electron chi connectivity index (χ3n) is 2.73. The summed E-state index contributed by atoms with van der Waals surface area (Å²) in [5.41, 5.74) is 5.58. The quantitative estimate of drug-likeness (QED) is 0.826. The van der Waals surface area contributed by atoms with E-state index in [0.717, 1.165) is 6.54 Å². The summed E-state index contributed by atoms with van der Waals surface area (Å²) in [4.78, 5) is 12.8. The van der Waals surface area contributed by atoms with E-state index in [1.807, 2.05) is 4.90 Å². The highest BCUT2D eigenvalue weighted by atomic mass is 19.1. The minimum Gasteiger partial charge on any atom is -0.492 e. The minimum absolute atomic E-state index is 0.453. The van der Waals surface area contributed by atoms with Gasteiger partial charge in [-0.25, -0.2) is 4.39 Å². The molecular formula is C12H15FN2O2. The Morgan fingerprint density at radius 1 is 1.41 bits per heavy atom. The Kier molecular flexibility index (Phi) is 3.58. The van der Waals surface area contributed by atoms with Gasteiger partial charge in [0.1, 0.15) is 18.5 Å². The highest BCUT2D eigenvalue weighted by Gasteiger charge is 2.25. The molecule has 0 radical (unpaired) electrons. The maximum Gasteiger partial charge on any atom is 0.248 e. The molecule has 0 aliphatic carbocycles. The van der Waals surface area contributed by atoms with Gasteiger partial charge in [0.05, 0.1) is 0 Å². The second-order valence-electron chi connectivity index (χ2n) is 4.09. The lowest BCUT2D eigenvalue weighted by Gasteiger charge is -2.33. The van der Waals surface area contributed by atoms with E-state index in [9.17, 15) is 9.18 Å². The van der Waals surface area contributed by atoms with Gasteiger partial charge in [-0.1, -0.05) is 0 Å². The molecule has 1 saturated heterocycles. The van der Waals surface area contributed by atoms with Gasteiger partial charge in [-0.2, -0.15) is 0 Å². The predicted octanol–water partition coefficient (Wildman–Crippen LogP) is 0.818. The maximum atomic E-state index is 12.5. The summed E-state index contributed by atoms with van der Waals surface area (Å²) < 4.78 is 18.0. The molecular weight excluding hydrogens is 223 g/mol. The fraction of sp³-hybridized carbons (Fsp3) is 0.417. The number of amides is 1. The Morgan fingerprint density at radius 3 is 2.59 bits per heavy atom. The molecule has 0 unspecified atom stereocenters. The summed E-state index contributed by atoms with van der Waals surface area (Å²) in [5, 5.41) is 0. The second kappa shape index (κ2) is 5.14. The number of nitrogens with two attached hydrogens (primary N) is 1. The molecule has 1 heterocycles. The van der Waals surface area contributed by atoms with E-state index in [2.05, 4.69) is 0 Å². The molecule has 0 saturated carbocycles. The molecule has 4 nitrogen and oxygen atoms in total. The van der Waals surface area contributed by atoms with Crippen LogP contribution >= 0.6 is 0 Å². The summed E-state index contributed by atoms with van der Waals surface area (Å²) >= 11 is 0. The lowest BCUT2D eigenvalue weighted by atomic mass is 10.2. The van der Waals surface area contributed by atoms with Gasteiger partial charge in [-0.15, -0.1) is 0 Å². The molecule has 1 amide bonds. The van der Waals surface area contributed by atoms with E-state index >= 15 is 0 Å². The van der Waals surface area contributed by atoms with Crippen LogP contribution in [0.5, 0.6) is 5.75 Å². The fourth-order valence-corrected chi connectivity index (χ4v) is 1.70. The number of hydrogen-bond acceptors (Lipinski definition) is 3. The smallest absolute Gasteiger partial charge is 0.248 e. The zero-order chi connectivity index (χ0) is 12.3. The van der Waals surface area contributed by atoms with Crippen molar-refractivity contribution >= 4 is 5.91 Å². The number of alkyl halides is 1. The number of halogens is 1. The Morgan fingerprint density at radius 2 is 2.06 bits per heavy atom. The van der Waals surface area contributed by atoms with Crippen molar-refractivity contribution < 1.29 is 13.9 Å². The predicted molar refractivity (Wildman–Crippen MR) is 61.8 cm³/mol. The monoisotopic (exact) mass is 238 g/mol. The SMILES string of the molecule is NC(=O)c1ccc(OCCN2CC(F)C2)cc1. The first kappa shape index (κ1) is 11.9. The van der Waals surface area contributed by atoms with Gasteiger partial charge in [0, 0.05) is 25.2 Å². The zero-order valence-corrected chi connectivity index (χ0v) is 9.43. The lowest BCUT2D eigenvalue weighted by molar-refractivity contribution is 0.0539. The van der Waals surface area contributed by atoms with Crippen LogP contribution in [0, 0.1) is 0 Å². The topological polar surface area (TPSA) is 55.6 Å². The van der Waals surface area contributed by atoms with Gasteiger partial charge < -0.3 is 10.5 Å². The van der Waals surface area contributed by atoms with Gasteiger partial charge in [0.15, 0.2) is 0 Å². The molecule has 92 valence electrons. The van der Waals surface area contributed by atoms with E-state index in [1.54, 1.807) is 24.3 Å². The first-order valence-corrected chi connectivity index (χ1v) is 5.54. The Hall–Kier alpha value is -1.62. The molecule has 1 aromatic rings. The first-order valence-electron chi connectivity index (χ1n) is 5.54. The van der Waals surface area contributed by atoms with Crippen molar-refractivity contribution in [3.05, 3.63) is 29.8 Å². The van der Waals surface area contributed by atoms with Crippen LogP contribution in [0.4, 0.5) is 4.39 Å². The first-order chi connectivity index (χ1) is 8.15. The van der Waals surface area contributed by atoms with E-state index in [1.165, 1.54) is 0 Å². The number of hydrogen-bond donors (Lipinski definition) is 1. The standard InChI is InChI=1S/C12H15FN2O2/c13-10-7-15(8-10)5-6-17-11-3-1-9(2-4-11)12(14)16/h1-4,10H,5-8H2,(H2,14,16). The number of carbonyl (C=O) groups is 1. The third kappa shape index (κ3) is 3.17. The van der Waals surface area contributed by atoms with E-state index in [0.29, 0.717) is 31.0 Å². The van der Waals surface area contributed by atoms with Crippen molar-refractivity contribution in [3.8, 4) is 5.75 Å². The number of rotatable bonds is 5. The average molecular weight is 238 g/mol. The molecule has 17 heavy (non-hydrogen) atoms. The largest absolute Gasteiger partial charge is 0.492 e. The number of nitrogens with zero attached hydrogens (tertiary/aromatic N) is 1. The van der Waals surface area contributed by atoms with Crippen molar-refractivity contribution in [1.29, 1.82) is 0 Å². The zero-order valence-electron chi connectivity index (χ0n) is 9.43. The van der Waals surface area contributed by atoms with Crippen LogP contribution in [-0.4, -0.2) is 43.2 Å². The van der Waals surface area contributed by atoms with Crippen molar-refractivity contribution in [2.24, 2.45) is 5.73 Å². The van der Waals surface area contributed by atoms with Crippen LogP contribution in [0.3, 0.4) is 0 Å².